The number of benzene rings is 2. The summed E-state index contributed by atoms with van der Waals surface area (Å²) in [6, 6.07) is 8.90. The van der Waals surface area contributed by atoms with Crippen molar-refractivity contribution in [2.24, 2.45) is 0 Å². The molecule has 1 N–H and O–H groups in total. The first-order chi connectivity index (χ1) is 15.6. The molecule has 0 aromatic heterocycles. The van der Waals surface area contributed by atoms with Crippen LogP contribution < -0.4 is 10.1 Å². The maximum absolute atomic E-state index is 12.9. The summed E-state index contributed by atoms with van der Waals surface area (Å²) in [6.45, 7) is 4.13. The van der Waals surface area contributed by atoms with Gasteiger partial charge in [-0.15, -0.1) is 0 Å². The second kappa shape index (κ2) is 10.5. The minimum absolute atomic E-state index is 0.0253. The summed E-state index contributed by atoms with van der Waals surface area (Å²) in [5.41, 5.74) is 1.18. The third kappa shape index (κ3) is 5.85. The minimum atomic E-state index is -3.70. The van der Waals surface area contributed by atoms with Crippen LogP contribution in [0.4, 0.5) is 5.69 Å². The van der Waals surface area contributed by atoms with Gasteiger partial charge in [0.25, 0.3) is 5.91 Å². The lowest BCUT2D eigenvalue weighted by Gasteiger charge is -2.26. The van der Waals surface area contributed by atoms with Crippen LogP contribution in [-0.4, -0.2) is 50.9 Å². The minimum Gasteiger partial charge on any atom is -0.495 e. The van der Waals surface area contributed by atoms with Crippen LogP contribution in [0.3, 0.4) is 0 Å². The van der Waals surface area contributed by atoms with Gasteiger partial charge in [-0.3, -0.25) is 4.79 Å². The predicted octanol–water partition coefficient (Wildman–Crippen LogP) is 4.02. The summed E-state index contributed by atoms with van der Waals surface area (Å²) in [7, 11) is -2.25. The first-order valence-corrected chi connectivity index (χ1v) is 12.4. The van der Waals surface area contributed by atoms with E-state index in [1.54, 1.807) is 19.1 Å². The lowest BCUT2D eigenvalue weighted by atomic mass is 10.2. The van der Waals surface area contributed by atoms with E-state index in [0.717, 1.165) is 24.8 Å². The van der Waals surface area contributed by atoms with E-state index in [1.165, 1.54) is 42.6 Å². The van der Waals surface area contributed by atoms with Gasteiger partial charge < -0.3 is 14.8 Å². The molecule has 2 aromatic rings. The van der Waals surface area contributed by atoms with Gasteiger partial charge in [0.1, 0.15) is 5.75 Å². The monoisotopic (exact) mass is 494 g/mol. The van der Waals surface area contributed by atoms with Crippen molar-refractivity contribution in [1.82, 2.24) is 4.31 Å². The molecular formula is C23H27ClN2O6S. The summed E-state index contributed by atoms with van der Waals surface area (Å²) in [6.07, 6.45) is 1.48. The van der Waals surface area contributed by atoms with Gasteiger partial charge in [-0.25, -0.2) is 13.2 Å². The lowest BCUT2D eigenvalue weighted by molar-refractivity contribution is -0.123. The quantitative estimate of drug-likeness (QED) is 0.583. The number of aryl methyl sites for hydroxylation is 1. The van der Waals surface area contributed by atoms with Crippen molar-refractivity contribution in [2.75, 3.05) is 25.5 Å². The van der Waals surface area contributed by atoms with Crippen LogP contribution in [0, 0.1) is 6.92 Å². The van der Waals surface area contributed by atoms with Gasteiger partial charge in [-0.1, -0.05) is 24.1 Å². The van der Waals surface area contributed by atoms with Gasteiger partial charge in [0.15, 0.2) is 6.10 Å². The van der Waals surface area contributed by atoms with Crippen LogP contribution in [0.1, 0.15) is 42.1 Å². The molecule has 3 rings (SSSR count). The Bertz CT molecular complexity index is 1150. The SMILES string of the molecule is COc1cc(Cl)c(C)cc1NC(=O)C(C)OC(=O)c1cccc(S(=O)(=O)N2CCCCC2)c1. The zero-order valence-electron chi connectivity index (χ0n) is 18.8. The first kappa shape index (κ1) is 25.0. The molecule has 10 heteroatoms. The molecule has 178 valence electrons. The Morgan fingerprint density at radius 3 is 2.48 bits per heavy atom. The molecule has 0 aliphatic carbocycles. The van der Waals surface area contributed by atoms with Gasteiger partial charge in [0.2, 0.25) is 10.0 Å². The molecule has 2 aromatic carbocycles. The molecule has 1 saturated heterocycles. The average Bonchev–Trinajstić information content (AvgIpc) is 2.81. The number of rotatable bonds is 7. The highest BCUT2D eigenvalue weighted by Crippen LogP contribution is 2.31. The van der Waals surface area contributed by atoms with Crippen LogP contribution in [0.25, 0.3) is 0 Å². The highest BCUT2D eigenvalue weighted by molar-refractivity contribution is 7.89. The molecule has 0 bridgehead atoms. The molecule has 0 saturated carbocycles. The molecule has 33 heavy (non-hydrogen) atoms. The Morgan fingerprint density at radius 1 is 1.12 bits per heavy atom. The molecule has 1 amide bonds. The van der Waals surface area contributed by atoms with E-state index < -0.39 is 28.0 Å². The number of nitrogens with zero attached hydrogens (tertiary/aromatic N) is 1. The molecule has 0 spiro atoms. The van der Waals surface area contributed by atoms with Gasteiger partial charge in [-0.2, -0.15) is 4.31 Å². The third-order valence-electron chi connectivity index (χ3n) is 5.41. The number of nitrogens with one attached hydrogen (secondary N) is 1. The highest BCUT2D eigenvalue weighted by Gasteiger charge is 2.27. The van der Waals surface area contributed by atoms with Gasteiger partial charge in [0.05, 0.1) is 23.3 Å². The Morgan fingerprint density at radius 2 is 1.82 bits per heavy atom. The van der Waals surface area contributed by atoms with Gasteiger partial charge in [-0.05, 0) is 56.5 Å². The summed E-state index contributed by atoms with van der Waals surface area (Å²) >= 11 is 6.09. The van der Waals surface area contributed by atoms with Crippen LogP contribution in [0.15, 0.2) is 41.3 Å². The third-order valence-corrected chi connectivity index (χ3v) is 7.72. The molecule has 1 atom stereocenters. The van der Waals surface area contributed by atoms with Crippen molar-refractivity contribution in [1.29, 1.82) is 0 Å². The van der Waals surface area contributed by atoms with Crippen molar-refractivity contribution < 1.29 is 27.5 Å². The molecule has 8 nitrogen and oxygen atoms in total. The molecule has 1 aliphatic heterocycles. The first-order valence-electron chi connectivity index (χ1n) is 10.6. The number of carbonyl (C=O) groups excluding carboxylic acids is 2. The number of carbonyl (C=O) groups is 2. The summed E-state index contributed by atoms with van der Waals surface area (Å²) in [5.74, 6) is -0.999. The summed E-state index contributed by atoms with van der Waals surface area (Å²) < 4.78 is 37.7. The Kier molecular flexibility index (Phi) is 7.99. The molecule has 1 fully saturated rings. The smallest absolute Gasteiger partial charge is 0.338 e. The number of ether oxygens (including phenoxy) is 2. The average molecular weight is 495 g/mol. The van der Waals surface area contributed by atoms with E-state index in [-0.39, 0.29) is 10.5 Å². The van der Waals surface area contributed by atoms with E-state index in [2.05, 4.69) is 5.32 Å². The zero-order chi connectivity index (χ0) is 24.2. The van der Waals surface area contributed by atoms with E-state index in [4.69, 9.17) is 21.1 Å². The number of halogens is 1. The second-order valence-corrected chi connectivity index (χ2v) is 10.2. The molecule has 1 heterocycles. The van der Waals surface area contributed by atoms with E-state index in [9.17, 15) is 18.0 Å². The maximum Gasteiger partial charge on any atom is 0.338 e. The van der Waals surface area contributed by atoms with E-state index >= 15 is 0 Å². The standard InChI is InChI=1S/C23H27ClN2O6S/c1-15-12-20(21(31-3)14-19(15)24)25-22(27)16(2)32-23(28)17-8-7-9-18(13-17)33(29,30)26-10-5-4-6-11-26/h7-9,12-14,16H,4-6,10-11H2,1-3H3,(H,25,27). The number of hydrogen-bond acceptors (Lipinski definition) is 6. The number of esters is 1. The van der Waals surface area contributed by atoms with Crippen LogP contribution in [-0.2, 0) is 19.6 Å². The maximum atomic E-state index is 12.9. The van der Waals surface area contributed by atoms with Crippen molar-refractivity contribution in [3.05, 3.63) is 52.5 Å². The van der Waals surface area contributed by atoms with Gasteiger partial charge >= 0.3 is 5.97 Å². The van der Waals surface area contributed by atoms with E-state index in [1.807, 2.05) is 0 Å². The normalized spacial score (nSPS) is 15.5. The fourth-order valence-electron chi connectivity index (χ4n) is 3.48. The lowest BCUT2D eigenvalue weighted by Crippen LogP contribution is -2.35. The van der Waals surface area contributed by atoms with Crippen molar-refractivity contribution in [2.45, 2.75) is 44.1 Å². The van der Waals surface area contributed by atoms with Crippen molar-refractivity contribution in [3.63, 3.8) is 0 Å². The van der Waals surface area contributed by atoms with Crippen LogP contribution in [0.5, 0.6) is 5.75 Å². The molecule has 1 aliphatic rings. The summed E-state index contributed by atoms with van der Waals surface area (Å²) in [5, 5.41) is 3.15. The Labute approximate surface area is 198 Å². The van der Waals surface area contributed by atoms with Gasteiger partial charge in [0, 0.05) is 24.2 Å². The fraction of sp³-hybridized carbons (Fsp3) is 0.391. The molecule has 0 radical (unpaired) electrons. The summed E-state index contributed by atoms with van der Waals surface area (Å²) in [4.78, 5) is 25.3. The molecule has 1 unspecified atom stereocenters. The highest BCUT2D eigenvalue weighted by atomic mass is 35.5. The van der Waals surface area contributed by atoms with Crippen LogP contribution >= 0.6 is 11.6 Å². The number of piperidine rings is 1. The largest absolute Gasteiger partial charge is 0.495 e. The van der Waals surface area contributed by atoms with Crippen molar-refractivity contribution in [3.8, 4) is 5.75 Å². The predicted molar refractivity (Wildman–Crippen MR) is 125 cm³/mol. The number of hydrogen-bond donors (Lipinski definition) is 1. The second-order valence-electron chi connectivity index (χ2n) is 7.83. The zero-order valence-corrected chi connectivity index (χ0v) is 20.3. The molecular weight excluding hydrogens is 468 g/mol. The number of methoxy groups -OCH3 is 1. The van der Waals surface area contributed by atoms with Crippen LogP contribution in [0.2, 0.25) is 5.02 Å². The Balaban J connectivity index is 1.70. The number of sulfonamides is 1. The number of anilines is 1. The Hall–Kier alpha value is -2.62. The van der Waals surface area contributed by atoms with E-state index in [0.29, 0.717) is 29.5 Å². The topological polar surface area (TPSA) is 102 Å². The number of amides is 1. The van der Waals surface area contributed by atoms with Crippen molar-refractivity contribution >= 4 is 39.2 Å². The fourth-order valence-corrected chi connectivity index (χ4v) is 5.20.